The molecule has 186 valence electrons. The van der Waals surface area contributed by atoms with Crippen molar-refractivity contribution in [2.24, 2.45) is 0 Å². The first-order valence-corrected chi connectivity index (χ1v) is 10.7. The number of hydrogen-bond donors (Lipinski definition) is 2. The lowest BCUT2D eigenvalue weighted by Crippen LogP contribution is -2.13. The number of benzene rings is 2. The number of carbonyl (C=O) groups excluding carboxylic acids is 1. The Balaban J connectivity index is 2.02. The number of nitrogens with one attached hydrogen (secondary N) is 2. The van der Waals surface area contributed by atoms with Gasteiger partial charge in [-0.2, -0.15) is 13.2 Å². The number of carbonyl (C=O) groups is 1. The second kappa shape index (κ2) is 11.2. The van der Waals surface area contributed by atoms with Crippen LogP contribution in [-0.2, 0) is 15.7 Å². The van der Waals surface area contributed by atoms with Crippen molar-refractivity contribution < 1.29 is 27.4 Å². The highest BCUT2D eigenvalue weighted by atomic mass is 35.5. The molecule has 35 heavy (non-hydrogen) atoms. The topological polar surface area (TPSA) is 88.6 Å². The van der Waals surface area contributed by atoms with Crippen molar-refractivity contribution in [1.82, 2.24) is 14.9 Å². The number of aromatic nitrogens is 2. The van der Waals surface area contributed by atoms with Crippen molar-refractivity contribution in [3.05, 3.63) is 59.5 Å². The van der Waals surface area contributed by atoms with Crippen LogP contribution in [0.5, 0.6) is 5.75 Å². The van der Waals surface area contributed by atoms with Crippen LogP contribution in [0.2, 0.25) is 5.02 Å². The molecule has 2 aromatic carbocycles. The zero-order valence-corrected chi connectivity index (χ0v) is 19.9. The Labute approximate surface area is 204 Å². The fraction of sp³-hybridized carbons (Fsp3) is 0.261. The van der Waals surface area contributed by atoms with E-state index in [0.717, 1.165) is 12.1 Å². The fourth-order valence-electron chi connectivity index (χ4n) is 2.98. The molecule has 3 aromatic rings. The van der Waals surface area contributed by atoms with Gasteiger partial charge in [0.15, 0.2) is 0 Å². The summed E-state index contributed by atoms with van der Waals surface area (Å²) in [7, 11) is 5.08. The van der Waals surface area contributed by atoms with E-state index in [-0.39, 0.29) is 18.1 Å². The number of alkyl halides is 3. The van der Waals surface area contributed by atoms with Gasteiger partial charge in [0.05, 0.1) is 28.4 Å². The van der Waals surface area contributed by atoms with Gasteiger partial charge in [0.2, 0.25) is 5.91 Å². The summed E-state index contributed by atoms with van der Waals surface area (Å²) < 4.78 is 50.6. The summed E-state index contributed by atoms with van der Waals surface area (Å²) in [6.07, 6.45) is -0.427. The Morgan fingerprint density at radius 1 is 1.17 bits per heavy atom. The molecule has 0 aliphatic heterocycles. The maximum Gasteiger partial charge on any atom is 0.417 e. The minimum atomic E-state index is -4.62. The van der Waals surface area contributed by atoms with Crippen molar-refractivity contribution in [3.63, 3.8) is 0 Å². The molecule has 0 fully saturated rings. The van der Waals surface area contributed by atoms with E-state index in [2.05, 4.69) is 20.6 Å². The molecule has 12 heteroatoms. The zero-order valence-electron chi connectivity index (χ0n) is 19.1. The first-order chi connectivity index (χ1) is 16.6. The van der Waals surface area contributed by atoms with E-state index in [9.17, 15) is 18.0 Å². The van der Waals surface area contributed by atoms with E-state index >= 15 is 0 Å². The molecule has 0 atom stereocenters. The largest absolute Gasteiger partial charge is 0.489 e. The zero-order chi connectivity index (χ0) is 25.6. The quantitative estimate of drug-likeness (QED) is 0.307. The van der Waals surface area contributed by atoms with Crippen molar-refractivity contribution in [1.29, 1.82) is 0 Å². The Morgan fingerprint density at radius 2 is 1.94 bits per heavy atom. The summed E-state index contributed by atoms with van der Waals surface area (Å²) in [5.41, 5.74) is -0.0765. The predicted octanol–water partition coefficient (Wildman–Crippen LogP) is 5.08. The molecule has 1 amide bonds. The van der Waals surface area contributed by atoms with Crippen molar-refractivity contribution in [2.45, 2.75) is 6.18 Å². The number of anilines is 3. The smallest absolute Gasteiger partial charge is 0.417 e. The molecule has 0 saturated heterocycles. The number of nitrogens with zero attached hydrogens (tertiary/aromatic N) is 3. The monoisotopic (exact) mass is 509 g/mol. The van der Waals surface area contributed by atoms with Gasteiger partial charge in [0.1, 0.15) is 24.5 Å². The van der Waals surface area contributed by atoms with Crippen LogP contribution < -0.4 is 15.4 Å². The van der Waals surface area contributed by atoms with E-state index in [1.54, 1.807) is 37.3 Å². The average Bonchev–Trinajstić information content (AvgIpc) is 2.79. The normalized spacial score (nSPS) is 11.6. The molecular formula is C23H23ClF3N5O3. The molecule has 2 N–H and O–H groups in total. The Kier molecular flexibility index (Phi) is 8.36. The molecule has 0 bridgehead atoms. The SMILES string of the molecule is COCCOc1cc2ncnc(Nc3ccc(Cl)c(C(F)(F)F)c3)c2cc1NC(=O)/C=C/N(C)C. The van der Waals surface area contributed by atoms with Gasteiger partial charge in [0, 0.05) is 50.6 Å². The van der Waals surface area contributed by atoms with Gasteiger partial charge in [-0.05, 0) is 24.3 Å². The van der Waals surface area contributed by atoms with E-state index < -0.39 is 22.7 Å². The molecule has 0 spiro atoms. The molecular weight excluding hydrogens is 487 g/mol. The Hall–Kier alpha value is -3.57. The highest BCUT2D eigenvalue weighted by molar-refractivity contribution is 6.31. The maximum absolute atomic E-state index is 13.3. The molecule has 0 radical (unpaired) electrons. The van der Waals surface area contributed by atoms with Crippen molar-refractivity contribution >= 4 is 45.6 Å². The average molecular weight is 510 g/mol. The molecule has 0 saturated carbocycles. The molecule has 0 aliphatic rings. The molecule has 1 heterocycles. The second-order valence-corrected chi connectivity index (χ2v) is 7.92. The highest BCUT2D eigenvalue weighted by Gasteiger charge is 2.33. The van der Waals surface area contributed by atoms with Gasteiger partial charge in [0.25, 0.3) is 0 Å². The number of amides is 1. The van der Waals surface area contributed by atoms with Crippen LogP contribution in [0.3, 0.4) is 0 Å². The van der Waals surface area contributed by atoms with Crippen LogP contribution in [0.15, 0.2) is 48.9 Å². The van der Waals surface area contributed by atoms with Crippen LogP contribution in [0.4, 0.5) is 30.4 Å². The number of ether oxygens (including phenoxy) is 2. The molecule has 8 nitrogen and oxygen atoms in total. The van der Waals surface area contributed by atoms with Gasteiger partial charge in [-0.15, -0.1) is 0 Å². The van der Waals surface area contributed by atoms with Gasteiger partial charge in [-0.25, -0.2) is 9.97 Å². The number of rotatable bonds is 9. The lowest BCUT2D eigenvalue weighted by Gasteiger charge is -2.16. The fourth-order valence-corrected chi connectivity index (χ4v) is 3.21. The van der Waals surface area contributed by atoms with Gasteiger partial charge in [-0.3, -0.25) is 4.79 Å². The summed E-state index contributed by atoms with van der Waals surface area (Å²) in [5, 5.41) is 5.65. The predicted molar refractivity (Wildman–Crippen MR) is 128 cm³/mol. The summed E-state index contributed by atoms with van der Waals surface area (Å²) in [6.45, 7) is 0.542. The van der Waals surface area contributed by atoms with Gasteiger partial charge in [-0.1, -0.05) is 11.6 Å². The summed E-state index contributed by atoms with van der Waals surface area (Å²) in [4.78, 5) is 22.5. The number of methoxy groups -OCH3 is 1. The minimum absolute atomic E-state index is 0.127. The van der Waals surface area contributed by atoms with Crippen LogP contribution in [-0.4, -0.2) is 55.2 Å². The van der Waals surface area contributed by atoms with Crippen molar-refractivity contribution in [2.75, 3.05) is 45.1 Å². The van der Waals surface area contributed by atoms with E-state index in [1.807, 2.05) is 0 Å². The van der Waals surface area contributed by atoms with Gasteiger partial charge >= 0.3 is 6.18 Å². The van der Waals surface area contributed by atoms with Crippen LogP contribution in [0.1, 0.15) is 5.56 Å². The lowest BCUT2D eigenvalue weighted by atomic mass is 10.1. The number of halogens is 4. The lowest BCUT2D eigenvalue weighted by molar-refractivity contribution is -0.137. The number of hydrogen-bond acceptors (Lipinski definition) is 7. The van der Waals surface area contributed by atoms with Crippen LogP contribution in [0, 0.1) is 0 Å². The van der Waals surface area contributed by atoms with Gasteiger partial charge < -0.3 is 25.0 Å². The van der Waals surface area contributed by atoms with E-state index in [0.29, 0.717) is 28.9 Å². The Bertz CT molecular complexity index is 1230. The van der Waals surface area contributed by atoms with Crippen molar-refractivity contribution in [3.8, 4) is 5.75 Å². The Morgan fingerprint density at radius 3 is 2.63 bits per heavy atom. The third kappa shape index (κ3) is 6.96. The number of fused-ring (bicyclic) bond motifs is 1. The minimum Gasteiger partial charge on any atom is -0.489 e. The highest BCUT2D eigenvalue weighted by Crippen LogP contribution is 2.38. The van der Waals surface area contributed by atoms with E-state index in [4.69, 9.17) is 21.1 Å². The first-order valence-electron chi connectivity index (χ1n) is 10.3. The molecule has 0 aliphatic carbocycles. The second-order valence-electron chi connectivity index (χ2n) is 7.52. The van der Waals surface area contributed by atoms with E-state index in [1.165, 1.54) is 25.6 Å². The summed E-state index contributed by atoms with van der Waals surface area (Å²) in [5.74, 6) is 0.165. The third-order valence-electron chi connectivity index (χ3n) is 4.60. The third-order valence-corrected chi connectivity index (χ3v) is 4.93. The molecule has 1 aromatic heterocycles. The molecule has 3 rings (SSSR count). The first kappa shape index (κ1) is 26.0. The van der Waals surface area contributed by atoms with Crippen LogP contribution in [0.25, 0.3) is 10.9 Å². The van der Waals surface area contributed by atoms with Crippen LogP contribution >= 0.6 is 11.6 Å². The summed E-state index contributed by atoms with van der Waals surface area (Å²) >= 11 is 5.72. The molecule has 0 unspecified atom stereocenters. The standard InChI is InChI=1S/C23H23ClF3N5O3/c1-32(2)7-6-21(33)31-19-11-15-18(12-20(19)35-9-8-34-3)28-13-29-22(15)30-14-4-5-17(24)16(10-14)23(25,26)27/h4-7,10-13H,8-9H2,1-3H3,(H,31,33)(H,28,29,30)/b7-6+. The maximum atomic E-state index is 13.3. The summed E-state index contributed by atoms with van der Waals surface area (Å²) in [6, 6.07) is 6.64.